The van der Waals surface area contributed by atoms with E-state index in [2.05, 4.69) is 49.8 Å². The Kier molecular flexibility index (Phi) is 3.89. The summed E-state index contributed by atoms with van der Waals surface area (Å²) in [4.78, 5) is 5.84. The van der Waals surface area contributed by atoms with Crippen LogP contribution in [0, 0.1) is 11.8 Å². The Balaban J connectivity index is 1.59. The van der Waals surface area contributed by atoms with Crippen molar-refractivity contribution in [3.05, 3.63) is 40.8 Å². The maximum Gasteiger partial charge on any atom is 0.239 e. The number of nitrogens with one attached hydrogen (secondary N) is 1. The van der Waals surface area contributed by atoms with Crippen LogP contribution in [0.2, 0.25) is 0 Å². The van der Waals surface area contributed by atoms with Gasteiger partial charge in [-0.25, -0.2) is 0 Å². The number of aromatic nitrogens is 4. The third-order valence-corrected chi connectivity index (χ3v) is 4.41. The minimum absolute atomic E-state index is 0.445. The zero-order chi connectivity index (χ0) is 16.4. The molecule has 0 aliphatic heterocycles. The van der Waals surface area contributed by atoms with Crippen LogP contribution >= 0.6 is 11.8 Å². The number of allylic oxidation sites excluding steroid dienone is 2. The molecule has 1 aromatic carbocycles. The molecule has 0 bridgehead atoms. The van der Waals surface area contributed by atoms with Gasteiger partial charge in [0.25, 0.3) is 0 Å². The minimum Gasteiger partial charge on any atom is -0.453 e. The van der Waals surface area contributed by atoms with Crippen LogP contribution in [0.3, 0.4) is 0 Å². The van der Waals surface area contributed by atoms with E-state index < -0.39 is 0 Å². The van der Waals surface area contributed by atoms with Gasteiger partial charge >= 0.3 is 0 Å². The Hall–Kier alpha value is -2.85. The Labute approximate surface area is 142 Å². The van der Waals surface area contributed by atoms with Gasteiger partial charge in [0.05, 0.1) is 6.54 Å². The molecule has 0 unspecified atom stereocenters. The molecule has 1 N–H and O–H groups in total. The molecule has 24 heavy (non-hydrogen) atoms. The van der Waals surface area contributed by atoms with Crippen molar-refractivity contribution in [2.75, 3.05) is 6.26 Å². The summed E-state index contributed by atoms with van der Waals surface area (Å²) in [7, 11) is 0. The SMILES string of the molecule is CSC1=CC(=NCc2ccc3cc(-c4nn[nH]n4)oc3c2)C#CC1. The Morgan fingerprint density at radius 3 is 3.17 bits per heavy atom. The summed E-state index contributed by atoms with van der Waals surface area (Å²) in [5.74, 6) is 7.22. The van der Waals surface area contributed by atoms with Crippen LogP contribution in [-0.4, -0.2) is 32.6 Å². The molecule has 118 valence electrons. The van der Waals surface area contributed by atoms with Crippen LogP contribution in [0.25, 0.3) is 22.6 Å². The van der Waals surface area contributed by atoms with Gasteiger partial charge in [-0.2, -0.15) is 5.21 Å². The fraction of sp³-hybridized carbons (Fsp3) is 0.176. The van der Waals surface area contributed by atoms with Gasteiger partial charge in [0.1, 0.15) is 11.3 Å². The first-order valence-electron chi connectivity index (χ1n) is 7.36. The van der Waals surface area contributed by atoms with Crippen molar-refractivity contribution >= 4 is 28.4 Å². The van der Waals surface area contributed by atoms with E-state index in [1.165, 1.54) is 4.91 Å². The smallest absolute Gasteiger partial charge is 0.239 e. The topological polar surface area (TPSA) is 80.0 Å². The molecule has 0 saturated carbocycles. The van der Waals surface area contributed by atoms with Crippen LogP contribution in [0.4, 0.5) is 0 Å². The summed E-state index contributed by atoms with van der Waals surface area (Å²) in [5, 5.41) is 14.8. The van der Waals surface area contributed by atoms with Crippen molar-refractivity contribution < 1.29 is 4.42 Å². The van der Waals surface area contributed by atoms with Crippen LogP contribution in [-0.2, 0) is 6.54 Å². The van der Waals surface area contributed by atoms with E-state index in [4.69, 9.17) is 4.42 Å². The van der Waals surface area contributed by atoms with Gasteiger partial charge < -0.3 is 4.42 Å². The number of aliphatic imine (C=N–C) groups is 1. The van der Waals surface area contributed by atoms with E-state index in [0.29, 0.717) is 18.1 Å². The summed E-state index contributed by atoms with van der Waals surface area (Å²) in [6.45, 7) is 0.566. The Morgan fingerprint density at radius 1 is 1.38 bits per heavy atom. The van der Waals surface area contributed by atoms with Crippen LogP contribution in [0.15, 0.2) is 44.7 Å². The third kappa shape index (κ3) is 2.96. The highest BCUT2D eigenvalue weighted by Crippen LogP contribution is 2.26. The molecular weight excluding hydrogens is 322 g/mol. The Morgan fingerprint density at radius 2 is 2.33 bits per heavy atom. The first kappa shape index (κ1) is 14.7. The molecule has 0 saturated heterocycles. The van der Waals surface area contributed by atoms with Crippen molar-refractivity contribution in [3.63, 3.8) is 0 Å². The average Bonchev–Trinajstić information content (AvgIpc) is 3.28. The number of furan rings is 1. The molecule has 7 heteroatoms. The standard InChI is InChI=1S/C17H13N5OS/c1-24-14-4-2-3-13(9-14)18-10-11-5-6-12-8-16(23-15(12)7-11)17-19-21-22-20-17/h5-9H,4,10H2,1H3,(H,19,20,21,22). The van der Waals surface area contributed by atoms with Crippen molar-refractivity contribution in [1.82, 2.24) is 20.6 Å². The number of rotatable bonds is 4. The quantitative estimate of drug-likeness (QED) is 0.741. The van der Waals surface area contributed by atoms with Gasteiger partial charge in [-0.1, -0.05) is 18.1 Å². The number of aromatic amines is 1. The molecule has 2 heterocycles. The van der Waals surface area contributed by atoms with Gasteiger partial charge in [-0.3, -0.25) is 4.99 Å². The second-order valence-electron chi connectivity index (χ2n) is 5.21. The molecule has 1 aliphatic carbocycles. The molecule has 3 aromatic rings. The summed E-state index contributed by atoms with van der Waals surface area (Å²) in [6, 6.07) is 7.93. The molecule has 0 radical (unpaired) electrons. The molecule has 0 fully saturated rings. The minimum atomic E-state index is 0.445. The summed E-state index contributed by atoms with van der Waals surface area (Å²) < 4.78 is 5.80. The zero-order valence-electron chi connectivity index (χ0n) is 12.9. The number of benzene rings is 1. The monoisotopic (exact) mass is 335 g/mol. The summed E-state index contributed by atoms with van der Waals surface area (Å²) in [5.41, 5.74) is 2.68. The lowest BCUT2D eigenvalue weighted by molar-refractivity contribution is 0.625. The third-order valence-electron chi connectivity index (χ3n) is 3.62. The van der Waals surface area contributed by atoms with E-state index in [-0.39, 0.29) is 0 Å². The van der Waals surface area contributed by atoms with E-state index in [9.17, 15) is 0 Å². The van der Waals surface area contributed by atoms with Gasteiger partial charge in [-0.05, 0) is 46.1 Å². The van der Waals surface area contributed by atoms with Gasteiger partial charge in [-0.15, -0.1) is 22.0 Å². The van der Waals surface area contributed by atoms with Crippen molar-refractivity contribution in [3.8, 4) is 23.4 Å². The molecule has 0 spiro atoms. The lowest BCUT2D eigenvalue weighted by Gasteiger charge is -2.03. The second-order valence-corrected chi connectivity index (χ2v) is 6.15. The van der Waals surface area contributed by atoms with Crippen molar-refractivity contribution in [2.45, 2.75) is 13.0 Å². The first-order chi connectivity index (χ1) is 11.8. The highest BCUT2D eigenvalue weighted by molar-refractivity contribution is 8.02. The van der Waals surface area contributed by atoms with Crippen molar-refractivity contribution in [2.24, 2.45) is 4.99 Å². The Bertz CT molecular complexity index is 1000. The lowest BCUT2D eigenvalue weighted by Crippen LogP contribution is -1.97. The van der Waals surface area contributed by atoms with Gasteiger partial charge in [0, 0.05) is 11.8 Å². The molecule has 0 atom stereocenters. The fourth-order valence-corrected chi connectivity index (χ4v) is 2.85. The predicted molar refractivity (Wildman–Crippen MR) is 94.5 cm³/mol. The molecule has 0 amide bonds. The largest absolute Gasteiger partial charge is 0.453 e. The van der Waals surface area contributed by atoms with Gasteiger partial charge in [0.2, 0.25) is 5.82 Å². The molecular formula is C17H13N5OS. The number of H-pyrrole nitrogens is 1. The van der Waals surface area contributed by atoms with Gasteiger partial charge in [0.15, 0.2) is 5.76 Å². The highest BCUT2D eigenvalue weighted by Gasteiger charge is 2.10. The number of fused-ring (bicyclic) bond motifs is 1. The van der Waals surface area contributed by atoms with E-state index in [1.54, 1.807) is 11.8 Å². The maximum atomic E-state index is 5.80. The lowest BCUT2D eigenvalue weighted by atomic mass is 10.1. The first-order valence-corrected chi connectivity index (χ1v) is 8.58. The van der Waals surface area contributed by atoms with Crippen LogP contribution in [0.1, 0.15) is 12.0 Å². The van der Waals surface area contributed by atoms with Crippen LogP contribution < -0.4 is 0 Å². The highest BCUT2D eigenvalue weighted by atomic mass is 32.2. The fourth-order valence-electron chi connectivity index (χ4n) is 2.40. The van der Waals surface area contributed by atoms with E-state index in [1.807, 2.05) is 24.3 Å². The second kappa shape index (κ2) is 6.34. The summed E-state index contributed by atoms with van der Waals surface area (Å²) >= 11 is 1.72. The maximum absolute atomic E-state index is 5.80. The normalized spacial score (nSPS) is 15.4. The number of hydrogen-bond acceptors (Lipinski definition) is 6. The molecule has 2 aromatic heterocycles. The molecule has 1 aliphatic rings. The van der Waals surface area contributed by atoms with Crippen molar-refractivity contribution in [1.29, 1.82) is 0 Å². The predicted octanol–water partition coefficient (Wildman–Crippen LogP) is 3.21. The number of hydrogen-bond donors (Lipinski definition) is 1. The number of thioether (sulfide) groups is 1. The summed E-state index contributed by atoms with van der Waals surface area (Å²) in [6.07, 6.45) is 4.93. The molecule has 4 rings (SSSR count). The average molecular weight is 335 g/mol. The zero-order valence-corrected chi connectivity index (χ0v) is 13.7. The number of tetrazole rings is 1. The van der Waals surface area contributed by atoms with E-state index >= 15 is 0 Å². The number of nitrogens with zero attached hydrogens (tertiary/aromatic N) is 4. The van der Waals surface area contributed by atoms with E-state index in [0.717, 1.165) is 28.7 Å². The van der Waals surface area contributed by atoms with Crippen LogP contribution in [0.5, 0.6) is 0 Å². The molecule has 6 nitrogen and oxygen atoms in total.